The number of hydrogen-bond donors (Lipinski definition) is 2. The molecular weight excluding hydrogens is 350 g/mol. The third kappa shape index (κ3) is 8.83. The summed E-state index contributed by atoms with van der Waals surface area (Å²) < 4.78 is 10.4. The van der Waals surface area contributed by atoms with Crippen LogP contribution in [0.3, 0.4) is 0 Å². The quantitative estimate of drug-likeness (QED) is 0.533. The molecule has 1 saturated heterocycles. The first-order chi connectivity index (χ1) is 12.7. The molecule has 1 rings (SSSR count). The number of hydrogen-bond acceptors (Lipinski definition) is 5. The van der Waals surface area contributed by atoms with Crippen LogP contribution in [0.25, 0.3) is 0 Å². The van der Waals surface area contributed by atoms with Gasteiger partial charge in [-0.1, -0.05) is 0 Å². The Morgan fingerprint density at radius 3 is 2.41 bits per heavy atom. The van der Waals surface area contributed by atoms with Crippen LogP contribution in [0.5, 0.6) is 0 Å². The third-order valence-electron chi connectivity index (χ3n) is 4.06. The first-order valence-corrected chi connectivity index (χ1v) is 9.62. The zero-order chi connectivity index (χ0) is 20.4. The van der Waals surface area contributed by atoms with Crippen LogP contribution in [0.1, 0.15) is 47.5 Å². The zero-order valence-electron chi connectivity index (χ0n) is 17.3. The van der Waals surface area contributed by atoms with Gasteiger partial charge in [0, 0.05) is 32.2 Å². The highest BCUT2D eigenvalue weighted by Crippen LogP contribution is 2.11. The van der Waals surface area contributed by atoms with E-state index in [9.17, 15) is 9.59 Å². The number of amides is 2. The van der Waals surface area contributed by atoms with Crippen molar-refractivity contribution < 1.29 is 19.1 Å². The number of likely N-dealkylation sites (tertiary alicyclic amines) is 1. The van der Waals surface area contributed by atoms with Gasteiger partial charge in [0.05, 0.1) is 13.2 Å². The van der Waals surface area contributed by atoms with Gasteiger partial charge in [0.25, 0.3) is 0 Å². The number of rotatable bonds is 6. The smallest absolute Gasteiger partial charge is 0.410 e. The fourth-order valence-electron chi connectivity index (χ4n) is 2.67. The molecule has 0 aromatic rings. The van der Waals surface area contributed by atoms with Crippen LogP contribution in [0, 0.1) is 0 Å². The van der Waals surface area contributed by atoms with Gasteiger partial charge in [0.1, 0.15) is 5.60 Å². The van der Waals surface area contributed by atoms with Gasteiger partial charge in [-0.25, -0.2) is 9.59 Å². The molecule has 1 aliphatic rings. The van der Waals surface area contributed by atoms with E-state index in [0.29, 0.717) is 45.3 Å². The lowest BCUT2D eigenvalue weighted by Gasteiger charge is -2.31. The van der Waals surface area contributed by atoms with Crippen molar-refractivity contribution in [3.63, 3.8) is 0 Å². The Bertz CT molecular complexity index is 510. The summed E-state index contributed by atoms with van der Waals surface area (Å²) in [6.07, 6.45) is 0.958. The molecule has 0 radical (unpaired) electrons. The first kappa shape index (κ1) is 22.9. The number of nitrogens with one attached hydrogen (secondary N) is 1. The van der Waals surface area contributed by atoms with Gasteiger partial charge in [0.2, 0.25) is 0 Å². The van der Waals surface area contributed by atoms with Gasteiger partial charge in [-0.2, -0.15) is 0 Å². The lowest BCUT2D eigenvalue weighted by molar-refractivity contribution is 0.0266. The van der Waals surface area contributed by atoms with E-state index in [1.54, 1.807) is 16.7 Å². The molecule has 0 aromatic carbocycles. The number of guanidine groups is 1. The Labute approximate surface area is 162 Å². The zero-order valence-corrected chi connectivity index (χ0v) is 17.3. The van der Waals surface area contributed by atoms with Crippen LogP contribution >= 0.6 is 0 Å². The van der Waals surface area contributed by atoms with Crippen molar-refractivity contribution in [3.05, 3.63) is 0 Å². The van der Waals surface area contributed by atoms with Crippen molar-refractivity contribution in [1.82, 2.24) is 15.1 Å². The Kier molecular flexibility index (Phi) is 9.17. The van der Waals surface area contributed by atoms with E-state index in [0.717, 1.165) is 12.8 Å². The lowest BCUT2D eigenvalue weighted by Crippen LogP contribution is -2.48. The maximum absolute atomic E-state index is 12.1. The molecular formula is C18H35N5O4. The van der Waals surface area contributed by atoms with Gasteiger partial charge in [0.15, 0.2) is 5.96 Å². The topological polar surface area (TPSA) is 109 Å². The first-order valence-electron chi connectivity index (χ1n) is 9.62. The SMILES string of the molecule is CCOC(=O)N1CCC(NC(N)=NCCN(CC)C(=O)OC(C)(C)C)CC1. The average molecular weight is 386 g/mol. The molecule has 3 N–H and O–H groups in total. The second kappa shape index (κ2) is 10.8. The molecule has 1 fully saturated rings. The number of ether oxygens (including phenoxy) is 2. The fourth-order valence-corrected chi connectivity index (χ4v) is 2.67. The van der Waals surface area contributed by atoms with E-state index >= 15 is 0 Å². The van der Waals surface area contributed by atoms with Crippen molar-refractivity contribution in [2.24, 2.45) is 10.7 Å². The fraction of sp³-hybridized carbons (Fsp3) is 0.833. The summed E-state index contributed by atoms with van der Waals surface area (Å²) in [5, 5.41) is 3.18. The van der Waals surface area contributed by atoms with Gasteiger partial charge in [-0.15, -0.1) is 0 Å². The van der Waals surface area contributed by atoms with Crippen LogP contribution in [0.2, 0.25) is 0 Å². The number of aliphatic imine (C=N–C) groups is 1. The second-order valence-corrected chi connectivity index (χ2v) is 7.43. The predicted octanol–water partition coefficient (Wildman–Crippen LogP) is 1.77. The molecule has 0 aromatic heterocycles. The van der Waals surface area contributed by atoms with Crippen molar-refractivity contribution >= 4 is 18.1 Å². The van der Waals surface area contributed by atoms with E-state index in [-0.39, 0.29) is 18.2 Å². The van der Waals surface area contributed by atoms with Gasteiger partial charge < -0.3 is 30.3 Å². The summed E-state index contributed by atoms with van der Waals surface area (Å²) in [5.74, 6) is 0.352. The Balaban J connectivity index is 2.36. The Morgan fingerprint density at radius 2 is 1.89 bits per heavy atom. The van der Waals surface area contributed by atoms with Crippen molar-refractivity contribution in [2.45, 2.75) is 59.1 Å². The molecule has 27 heavy (non-hydrogen) atoms. The highest BCUT2D eigenvalue weighted by atomic mass is 16.6. The van der Waals surface area contributed by atoms with E-state index in [4.69, 9.17) is 15.2 Å². The minimum absolute atomic E-state index is 0.174. The summed E-state index contributed by atoms with van der Waals surface area (Å²) in [5.41, 5.74) is 5.43. The summed E-state index contributed by atoms with van der Waals surface area (Å²) >= 11 is 0. The van der Waals surface area contributed by atoms with E-state index < -0.39 is 5.60 Å². The molecule has 9 nitrogen and oxygen atoms in total. The Morgan fingerprint density at radius 1 is 1.26 bits per heavy atom. The summed E-state index contributed by atoms with van der Waals surface area (Å²) in [7, 11) is 0. The molecule has 9 heteroatoms. The van der Waals surface area contributed by atoms with Gasteiger partial charge in [-0.05, 0) is 47.5 Å². The van der Waals surface area contributed by atoms with Gasteiger partial charge in [-0.3, -0.25) is 4.99 Å². The normalized spacial score (nSPS) is 16.0. The third-order valence-corrected chi connectivity index (χ3v) is 4.06. The number of nitrogens with zero attached hydrogens (tertiary/aromatic N) is 3. The number of nitrogens with two attached hydrogens (primary N) is 1. The highest BCUT2D eigenvalue weighted by molar-refractivity contribution is 5.78. The monoisotopic (exact) mass is 385 g/mol. The molecule has 1 heterocycles. The van der Waals surface area contributed by atoms with Crippen LogP contribution in [-0.2, 0) is 9.47 Å². The predicted molar refractivity (Wildman–Crippen MR) is 105 cm³/mol. The summed E-state index contributed by atoms with van der Waals surface area (Å²) in [6.45, 7) is 12.2. The molecule has 0 atom stereocenters. The molecule has 2 amide bonds. The molecule has 0 bridgehead atoms. The summed E-state index contributed by atoms with van der Waals surface area (Å²) in [6, 6.07) is 0.174. The van der Waals surface area contributed by atoms with Crippen LogP contribution in [-0.4, -0.2) is 78.9 Å². The molecule has 0 unspecified atom stereocenters. The minimum Gasteiger partial charge on any atom is -0.450 e. The van der Waals surface area contributed by atoms with E-state index in [2.05, 4.69) is 10.3 Å². The lowest BCUT2D eigenvalue weighted by atomic mass is 10.1. The Hall–Kier alpha value is -2.19. The molecule has 0 saturated carbocycles. The largest absolute Gasteiger partial charge is 0.450 e. The molecule has 1 aliphatic heterocycles. The minimum atomic E-state index is -0.521. The van der Waals surface area contributed by atoms with E-state index in [1.807, 2.05) is 27.7 Å². The van der Waals surface area contributed by atoms with Gasteiger partial charge >= 0.3 is 12.2 Å². The number of carbonyl (C=O) groups excluding carboxylic acids is 2. The molecule has 0 spiro atoms. The number of piperidine rings is 1. The van der Waals surface area contributed by atoms with Crippen molar-refractivity contribution in [2.75, 3.05) is 39.3 Å². The van der Waals surface area contributed by atoms with Crippen LogP contribution < -0.4 is 11.1 Å². The van der Waals surface area contributed by atoms with Crippen LogP contribution in [0.15, 0.2) is 4.99 Å². The summed E-state index contributed by atoms with van der Waals surface area (Å²) in [4.78, 5) is 31.4. The van der Waals surface area contributed by atoms with Crippen molar-refractivity contribution in [1.29, 1.82) is 0 Å². The number of likely N-dealkylation sites (N-methyl/N-ethyl adjacent to an activating group) is 1. The van der Waals surface area contributed by atoms with E-state index in [1.165, 1.54) is 0 Å². The average Bonchev–Trinajstić information content (AvgIpc) is 2.58. The maximum Gasteiger partial charge on any atom is 0.410 e. The highest BCUT2D eigenvalue weighted by Gasteiger charge is 2.24. The van der Waals surface area contributed by atoms with Crippen molar-refractivity contribution in [3.8, 4) is 0 Å². The molecule has 156 valence electrons. The van der Waals surface area contributed by atoms with Crippen LogP contribution in [0.4, 0.5) is 9.59 Å². The second-order valence-electron chi connectivity index (χ2n) is 7.43. The standard InChI is InChI=1S/C18H35N5O4/c1-6-22(17(25)27-18(3,4)5)13-10-20-15(19)21-14-8-11-23(12-9-14)16(24)26-7-2/h14H,6-13H2,1-5H3,(H3,19,20,21). The number of carbonyl (C=O) groups is 2. The molecule has 0 aliphatic carbocycles. The maximum atomic E-state index is 12.1.